The molecule has 218 valence electrons. The quantitative estimate of drug-likeness (QED) is 0.425. The van der Waals surface area contributed by atoms with Crippen LogP contribution in [0, 0.1) is 5.92 Å². The number of fused-ring (bicyclic) bond motifs is 2. The molecule has 3 N–H and O–H groups in total. The predicted molar refractivity (Wildman–Crippen MR) is 149 cm³/mol. The first-order valence-electron chi connectivity index (χ1n) is 13.7. The van der Waals surface area contributed by atoms with Crippen molar-refractivity contribution in [2.45, 2.75) is 63.0 Å². The number of rotatable bonds is 7. The lowest BCUT2D eigenvalue weighted by molar-refractivity contribution is 0.0751. The summed E-state index contributed by atoms with van der Waals surface area (Å²) in [5, 5.41) is 24.6. The van der Waals surface area contributed by atoms with E-state index >= 15 is 0 Å². The Balaban J connectivity index is 1.58. The van der Waals surface area contributed by atoms with E-state index in [9.17, 15) is 23.4 Å². The Bertz CT molecular complexity index is 1310. The number of aromatic hydroxyl groups is 1. The van der Waals surface area contributed by atoms with Crippen LogP contribution >= 0.6 is 0 Å². The highest BCUT2D eigenvalue weighted by Crippen LogP contribution is 2.35. The molecule has 0 aliphatic carbocycles. The van der Waals surface area contributed by atoms with Crippen molar-refractivity contribution in [2.24, 2.45) is 5.92 Å². The van der Waals surface area contributed by atoms with Crippen molar-refractivity contribution in [3.63, 3.8) is 0 Å². The first-order valence-corrected chi connectivity index (χ1v) is 15.1. The van der Waals surface area contributed by atoms with E-state index in [-0.39, 0.29) is 47.8 Å². The Hall–Kier alpha value is -3.28. The fourth-order valence-electron chi connectivity index (χ4n) is 4.75. The smallest absolute Gasteiger partial charge is 0.255 e. The molecule has 2 aromatic carbocycles. The molecular formula is C29H38N2O8S. The van der Waals surface area contributed by atoms with Crippen LogP contribution in [0.5, 0.6) is 23.0 Å². The highest BCUT2D eigenvalue weighted by Gasteiger charge is 2.32. The lowest BCUT2D eigenvalue weighted by atomic mass is 10.0. The molecule has 0 unspecified atom stereocenters. The molecule has 40 heavy (non-hydrogen) atoms. The van der Waals surface area contributed by atoms with Crippen molar-refractivity contribution in [2.75, 3.05) is 26.5 Å². The van der Waals surface area contributed by atoms with Crippen LogP contribution in [0.3, 0.4) is 0 Å². The molecule has 0 aromatic heterocycles. The maximum Gasteiger partial charge on any atom is 0.255 e. The zero-order valence-electron chi connectivity index (χ0n) is 22.9. The molecule has 2 atom stereocenters. The summed E-state index contributed by atoms with van der Waals surface area (Å²) in [6, 6.07) is 8.25. The number of sulfonamides is 1. The third-order valence-electron chi connectivity index (χ3n) is 6.79. The number of hydrogen-bond acceptors (Lipinski definition) is 8. The van der Waals surface area contributed by atoms with Crippen LogP contribution in [0.25, 0.3) is 0 Å². The molecular weight excluding hydrogens is 536 g/mol. The van der Waals surface area contributed by atoms with Gasteiger partial charge in [0, 0.05) is 19.2 Å². The van der Waals surface area contributed by atoms with Gasteiger partial charge in [-0.3, -0.25) is 4.79 Å². The number of carbonyl (C=O) groups is 1. The van der Waals surface area contributed by atoms with E-state index in [0.29, 0.717) is 30.9 Å². The second kappa shape index (κ2) is 13.4. The number of amides is 1. The minimum atomic E-state index is -4.01. The van der Waals surface area contributed by atoms with E-state index in [1.165, 1.54) is 22.5 Å². The highest BCUT2D eigenvalue weighted by atomic mass is 32.2. The molecule has 10 nitrogen and oxygen atoms in total. The number of nitrogens with one attached hydrogen (secondary N) is 1. The average molecular weight is 575 g/mol. The Morgan fingerprint density at radius 2 is 1.80 bits per heavy atom. The third-order valence-corrected chi connectivity index (χ3v) is 8.62. The van der Waals surface area contributed by atoms with Crippen molar-refractivity contribution >= 4 is 15.9 Å². The number of ether oxygens (including phenoxy) is 3. The Morgan fingerprint density at radius 1 is 1.02 bits per heavy atom. The normalized spacial score (nSPS) is 19.8. The van der Waals surface area contributed by atoms with Crippen LogP contribution in [-0.2, 0) is 10.0 Å². The maximum absolute atomic E-state index is 13.7. The number of allylic oxidation sites excluding steroid dienone is 1. The van der Waals surface area contributed by atoms with Crippen LogP contribution in [0.15, 0.2) is 53.4 Å². The van der Waals surface area contributed by atoms with Gasteiger partial charge in [-0.2, -0.15) is 4.31 Å². The summed E-state index contributed by atoms with van der Waals surface area (Å²) >= 11 is 0. The van der Waals surface area contributed by atoms with Gasteiger partial charge in [-0.25, -0.2) is 8.42 Å². The maximum atomic E-state index is 13.7. The van der Waals surface area contributed by atoms with Gasteiger partial charge >= 0.3 is 0 Å². The summed E-state index contributed by atoms with van der Waals surface area (Å²) in [6.45, 7) is 4.06. The van der Waals surface area contributed by atoms with Crippen molar-refractivity contribution in [1.82, 2.24) is 9.62 Å². The van der Waals surface area contributed by atoms with Gasteiger partial charge in [-0.1, -0.05) is 38.5 Å². The molecule has 0 saturated carbocycles. The number of nitrogens with zero attached hydrogens (tertiary/aromatic N) is 1. The van der Waals surface area contributed by atoms with Gasteiger partial charge < -0.3 is 29.7 Å². The molecule has 2 aliphatic heterocycles. The summed E-state index contributed by atoms with van der Waals surface area (Å²) in [7, 11) is -4.01. The summed E-state index contributed by atoms with van der Waals surface area (Å²) in [4.78, 5) is 13.4. The minimum Gasteiger partial charge on any atom is -0.504 e. The first-order chi connectivity index (χ1) is 19.2. The molecule has 4 rings (SSSR count). The fourth-order valence-corrected chi connectivity index (χ4v) is 6.39. The third kappa shape index (κ3) is 7.26. The number of aliphatic hydroxyl groups excluding tert-OH is 1. The van der Waals surface area contributed by atoms with Crippen LogP contribution in [0.4, 0.5) is 0 Å². The summed E-state index contributed by atoms with van der Waals surface area (Å²) in [5.74, 6) is 0.207. The molecule has 0 bridgehead atoms. The fraction of sp³-hybridized carbons (Fsp3) is 0.483. The van der Waals surface area contributed by atoms with Gasteiger partial charge in [0.2, 0.25) is 16.8 Å². The number of aliphatic hydroxyl groups is 1. The van der Waals surface area contributed by atoms with Gasteiger partial charge in [0.25, 0.3) is 5.91 Å². The Morgan fingerprint density at radius 3 is 2.60 bits per heavy atom. The topological polar surface area (TPSA) is 135 Å². The van der Waals surface area contributed by atoms with Crippen molar-refractivity contribution in [1.29, 1.82) is 0 Å². The van der Waals surface area contributed by atoms with Gasteiger partial charge in [0.15, 0.2) is 23.0 Å². The SMILES string of the molecule is CC(C)CN(C[C@@H](O)[C@@H]1CCCC/C=C/CCOc2c(O)cccc2C(=O)N1)S(=O)(=O)c1ccc2c(c1)OCO2. The van der Waals surface area contributed by atoms with Crippen LogP contribution in [0.1, 0.15) is 56.3 Å². The number of hydrogen-bond donors (Lipinski definition) is 3. The van der Waals surface area contributed by atoms with E-state index in [4.69, 9.17) is 14.2 Å². The summed E-state index contributed by atoms with van der Waals surface area (Å²) in [6.07, 6.45) is 6.34. The number of phenolic OH excluding ortho intramolecular Hbond substituents is 1. The molecule has 2 aromatic rings. The Kier molecular flexibility index (Phi) is 9.94. The van der Waals surface area contributed by atoms with Crippen LogP contribution in [-0.4, -0.2) is 67.5 Å². The van der Waals surface area contributed by atoms with E-state index in [1.54, 1.807) is 18.2 Å². The van der Waals surface area contributed by atoms with E-state index in [2.05, 4.69) is 11.4 Å². The van der Waals surface area contributed by atoms with Gasteiger partial charge in [-0.05, 0) is 55.9 Å². The minimum absolute atomic E-state index is 0.0200. The number of para-hydroxylation sites is 1. The standard InChI is InChI=1S/C29H38N2O8S/c1-20(2)17-31(40(35,36)21-13-14-26-27(16-21)39-19-38-26)18-25(33)23-11-7-5-3-4-6-8-15-37-28-22(29(34)30-23)10-9-12-24(28)32/h4,6,9-10,12-14,16,20,23,25,32-33H,3,5,7-8,11,15,17-19H2,1-2H3,(H,30,34)/b6-4+/t23-,25+/m0/s1. The zero-order chi connectivity index (χ0) is 28.7. The highest BCUT2D eigenvalue weighted by molar-refractivity contribution is 7.89. The van der Waals surface area contributed by atoms with Crippen molar-refractivity contribution in [3.8, 4) is 23.0 Å². The second-order valence-corrected chi connectivity index (χ2v) is 12.4. The van der Waals surface area contributed by atoms with E-state index < -0.39 is 28.1 Å². The van der Waals surface area contributed by atoms with Crippen LogP contribution < -0.4 is 19.5 Å². The molecule has 2 aliphatic rings. The first kappa shape index (κ1) is 29.7. The Labute approximate surface area is 235 Å². The molecule has 1 amide bonds. The molecule has 0 spiro atoms. The monoisotopic (exact) mass is 574 g/mol. The van der Waals surface area contributed by atoms with Gasteiger partial charge in [0.1, 0.15) is 0 Å². The van der Waals surface area contributed by atoms with E-state index in [0.717, 1.165) is 19.3 Å². The van der Waals surface area contributed by atoms with Gasteiger partial charge in [-0.15, -0.1) is 0 Å². The lowest BCUT2D eigenvalue weighted by Gasteiger charge is -2.31. The number of carbonyl (C=O) groups excluding carboxylic acids is 1. The van der Waals surface area contributed by atoms with Crippen LogP contribution in [0.2, 0.25) is 0 Å². The van der Waals surface area contributed by atoms with E-state index in [1.807, 2.05) is 19.9 Å². The molecule has 11 heteroatoms. The molecule has 0 radical (unpaired) electrons. The lowest BCUT2D eigenvalue weighted by Crippen LogP contribution is -2.50. The van der Waals surface area contributed by atoms with Crippen molar-refractivity contribution < 1.29 is 37.6 Å². The molecule has 2 heterocycles. The average Bonchev–Trinajstić information content (AvgIpc) is 3.39. The summed E-state index contributed by atoms with van der Waals surface area (Å²) in [5.41, 5.74) is 0.144. The number of benzene rings is 2. The number of phenols is 1. The van der Waals surface area contributed by atoms with Crippen molar-refractivity contribution in [3.05, 3.63) is 54.1 Å². The van der Waals surface area contributed by atoms with Gasteiger partial charge in [0.05, 0.1) is 29.2 Å². The molecule has 0 saturated heterocycles. The largest absolute Gasteiger partial charge is 0.504 e. The summed E-state index contributed by atoms with van der Waals surface area (Å²) < 4.78 is 45.1. The second-order valence-electron chi connectivity index (χ2n) is 10.4. The molecule has 0 fully saturated rings. The predicted octanol–water partition coefficient (Wildman–Crippen LogP) is 3.83. The zero-order valence-corrected chi connectivity index (χ0v) is 23.7.